The van der Waals surface area contributed by atoms with E-state index in [1.807, 2.05) is 30.6 Å². The summed E-state index contributed by atoms with van der Waals surface area (Å²) < 4.78 is 0. The fourth-order valence-electron chi connectivity index (χ4n) is 4.26. The third-order valence-corrected chi connectivity index (χ3v) is 5.59. The number of hydrogen-bond donors (Lipinski definition) is 2. The van der Waals surface area contributed by atoms with Crippen molar-refractivity contribution < 1.29 is 0 Å². The average molecular weight is 344 g/mol. The van der Waals surface area contributed by atoms with Gasteiger partial charge in [0.25, 0.3) is 0 Å². The first-order chi connectivity index (χ1) is 12.8. The molecule has 1 fully saturated rings. The van der Waals surface area contributed by atoms with Crippen LogP contribution >= 0.6 is 0 Å². The van der Waals surface area contributed by atoms with Crippen LogP contribution in [0, 0.1) is 0 Å². The van der Waals surface area contributed by atoms with Gasteiger partial charge in [-0.2, -0.15) is 0 Å². The number of aliphatic imine (C=N–C) groups is 1. The number of pyridine rings is 2. The molecule has 0 spiro atoms. The molecular formula is C21H20N4O. The van der Waals surface area contributed by atoms with Gasteiger partial charge in [-0.15, -0.1) is 0 Å². The molecule has 1 aliphatic heterocycles. The summed E-state index contributed by atoms with van der Waals surface area (Å²) in [6.07, 6.45) is 5.12. The van der Waals surface area contributed by atoms with Gasteiger partial charge in [-0.1, -0.05) is 30.3 Å². The number of hydrogen-bond acceptors (Lipinski definition) is 4. The van der Waals surface area contributed by atoms with Crippen molar-refractivity contribution in [2.75, 3.05) is 0 Å². The molecule has 1 aromatic carbocycles. The molecule has 1 saturated carbocycles. The fraction of sp³-hybridized carbons (Fsp3) is 0.286. The lowest BCUT2D eigenvalue weighted by Gasteiger charge is -2.31. The van der Waals surface area contributed by atoms with Gasteiger partial charge in [0, 0.05) is 23.1 Å². The van der Waals surface area contributed by atoms with E-state index in [4.69, 9.17) is 4.98 Å². The molecule has 0 bridgehead atoms. The van der Waals surface area contributed by atoms with Crippen molar-refractivity contribution in [3.05, 3.63) is 64.4 Å². The molecule has 5 nitrogen and oxygen atoms in total. The highest BCUT2D eigenvalue weighted by molar-refractivity contribution is 5.80. The Labute approximate surface area is 151 Å². The highest BCUT2D eigenvalue weighted by atomic mass is 16.1. The summed E-state index contributed by atoms with van der Waals surface area (Å²) in [5.41, 5.74) is 3.86. The summed E-state index contributed by atoms with van der Waals surface area (Å²) in [6, 6.07) is 16.7. The summed E-state index contributed by atoms with van der Waals surface area (Å²) in [5.74, 6) is 0.435. The topological polar surface area (TPSA) is 70.1 Å². The number of nitrogens with zero attached hydrogens (tertiary/aromatic N) is 2. The van der Waals surface area contributed by atoms with Crippen molar-refractivity contribution in [2.24, 2.45) is 4.99 Å². The third kappa shape index (κ3) is 2.60. The number of H-pyrrole nitrogens is 1. The van der Waals surface area contributed by atoms with Crippen LogP contribution in [0.4, 0.5) is 0 Å². The maximum absolute atomic E-state index is 11.7. The first kappa shape index (κ1) is 15.3. The minimum Gasteiger partial charge on any atom is -0.372 e. The Hall–Kier alpha value is -2.95. The van der Waals surface area contributed by atoms with E-state index in [9.17, 15) is 4.79 Å². The monoisotopic (exact) mass is 344 g/mol. The summed E-state index contributed by atoms with van der Waals surface area (Å²) in [7, 11) is 0. The molecule has 5 heteroatoms. The maximum Gasteiger partial charge on any atom is 0.249 e. The Morgan fingerprint density at radius 3 is 2.81 bits per heavy atom. The van der Waals surface area contributed by atoms with Gasteiger partial charge < -0.3 is 10.3 Å². The van der Waals surface area contributed by atoms with E-state index in [0.29, 0.717) is 23.6 Å². The van der Waals surface area contributed by atoms with Gasteiger partial charge in [0.1, 0.15) is 5.65 Å². The number of aromatic nitrogens is 2. The van der Waals surface area contributed by atoms with Crippen LogP contribution in [-0.2, 0) is 0 Å². The average Bonchev–Trinajstić information content (AvgIpc) is 3.15. The van der Waals surface area contributed by atoms with Gasteiger partial charge in [0.2, 0.25) is 5.56 Å². The van der Waals surface area contributed by atoms with Gasteiger partial charge in [0.15, 0.2) is 0 Å². The zero-order valence-electron chi connectivity index (χ0n) is 14.4. The van der Waals surface area contributed by atoms with Crippen molar-refractivity contribution >= 4 is 17.4 Å². The molecule has 0 amide bonds. The second-order valence-electron chi connectivity index (χ2n) is 7.18. The molecule has 2 aliphatic rings. The lowest BCUT2D eigenvalue weighted by molar-refractivity contribution is 0.347. The van der Waals surface area contributed by atoms with Crippen LogP contribution in [0.5, 0.6) is 0 Å². The standard InChI is InChI=1S/C21H20N4O/c26-19-9-7-15-10-16(14-6-8-17-18(11-14)23-12-22-17)20(25-21(15)24-19)13-4-2-1-3-5-13/h1-5,7,9-10,12,14,17-18H,6,8,11H2,(H,22,23)(H,24,25,26). The molecule has 3 atom stereocenters. The largest absolute Gasteiger partial charge is 0.372 e. The number of fused-ring (bicyclic) bond motifs is 2. The van der Waals surface area contributed by atoms with E-state index in [-0.39, 0.29) is 5.56 Å². The number of aromatic amines is 1. The molecule has 3 unspecified atom stereocenters. The summed E-state index contributed by atoms with van der Waals surface area (Å²) in [6.45, 7) is 0. The first-order valence-corrected chi connectivity index (χ1v) is 9.15. The quantitative estimate of drug-likeness (QED) is 0.750. The third-order valence-electron chi connectivity index (χ3n) is 5.59. The van der Waals surface area contributed by atoms with Gasteiger partial charge in [-0.25, -0.2) is 4.98 Å². The van der Waals surface area contributed by atoms with Gasteiger partial charge >= 0.3 is 0 Å². The van der Waals surface area contributed by atoms with Gasteiger partial charge in [-0.05, 0) is 42.9 Å². The Kier molecular flexibility index (Phi) is 3.59. The molecule has 0 saturated heterocycles. The van der Waals surface area contributed by atoms with E-state index < -0.39 is 0 Å². The molecule has 26 heavy (non-hydrogen) atoms. The molecule has 5 rings (SSSR count). The highest BCUT2D eigenvalue weighted by Crippen LogP contribution is 2.40. The Morgan fingerprint density at radius 2 is 1.92 bits per heavy atom. The second kappa shape index (κ2) is 6.09. The van der Waals surface area contributed by atoms with Crippen LogP contribution in [0.25, 0.3) is 22.3 Å². The molecule has 2 aromatic heterocycles. The zero-order chi connectivity index (χ0) is 17.5. The first-order valence-electron chi connectivity index (χ1n) is 9.15. The molecule has 2 N–H and O–H groups in total. The van der Waals surface area contributed by atoms with Gasteiger partial charge in [-0.3, -0.25) is 9.79 Å². The van der Waals surface area contributed by atoms with Crippen molar-refractivity contribution in [3.63, 3.8) is 0 Å². The van der Waals surface area contributed by atoms with E-state index in [1.165, 1.54) is 5.56 Å². The summed E-state index contributed by atoms with van der Waals surface area (Å²) >= 11 is 0. The van der Waals surface area contributed by atoms with Crippen molar-refractivity contribution in [2.45, 2.75) is 37.3 Å². The normalized spacial score (nSPS) is 24.4. The molecular weight excluding hydrogens is 324 g/mol. The van der Waals surface area contributed by atoms with E-state index in [1.54, 1.807) is 6.07 Å². The molecule has 3 heterocycles. The van der Waals surface area contributed by atoms with Crippen LogP contribution in [0.1, 0.15) is 30.7 Å². The minimum atomic E-state index is -0.121. The molecule has 1 aliphatic carbocycles. The van der Waals surface area contributed by atoms with Crippen molar-refractivity contribution in [1.29, 1.82) is 0 Å². The van der Waals surface area contributed by atoms with Crippen LogP contribution in [0.3, 0.4) is 0 Å². The van der Waals surface area contributed by atoms with E-state index in [2.05, 4.69) is 33.5 Å². The molecule has 3 aromatic rings. The van der Waals surface area contributed by atoms with E-state index >= 15 is 0 Å². The Balaban J connectivity index is 1.65. The lowest BCUT2D eigenvalue weighted by atomic mass is 9.78. The number of nitrogens with one attached hydrogen (secondary N) is 2. The molecule has 130 valence electrons. The predicted octanol–water partition coefficient (Wildman–Crippen LogP) is 3.23. The van der Waals surface area contributed by atoms with Crippen LogP contribution in [0.2, 0.25) is 0 Å². The highest BCUT2D eigenvalue weighted by Gasteiger charge is 2.34. The fourth-order valence-corrected chi connectivity index (χ4v) is 4.26. The van der Waals surface area contributed by atoms with Gasteiger partial charge in [0.05, 0.1) is 18.1 Å². The summed E-state index contributed by atoms with van der Waals surface area (Å²) in [5, 5.41) is 4.39. The number of benzene rings is 1. The molecule has 0 radical (unpaired) electrons. The second-order valence-corrected chi connectivity index (χ2v) is 7.18. The van der Waals surface area contributed by atoms with E-state index in [0.717, 1.165) is 35.9 Å². The summed E-state index contributed by atoms with van der Waals surface area (Å²) in [4.78, 5) is 24.0. The van der Waals surface area contributed by atoms with Crippen LogP contribution in [-0.4, -0.2) is 28.4 Å². The lowest BCUT2D eigenvalue weighted by Crippen LogP contribution is -2.37. The zero-order valence-corrected chi connectivity index (χ0v) is 14.4. The van der Waals surface area contributed by atoms with Crippen molar-refractivity contribution in [3.8, 4) is 11.3 Å². The Morgan fingerprint density at radius 1 is 1.04 bits per heavy atom. The minimum absolute atomic E-state index is 0.121. The number of rotatable bonds is 2. The predicted molar refractivity (Wildman–Crippen MR) is 104 cm³/mol. The SMILES string of the molecule is O=c1ccc2cc(C3CCC4N=CNC4C3)c(-c3ccccc3)nc2[nH]1. The maximum atomic E-state index is 11.7. The van der Waals surface area contributed by atoms with Crippen LogP contribution < -0.4 is 10.9 Å². The van der Waals surface area contributed by atoms with Crippen LogP contribution in [0.15, 0.2) is 58.3 Å². The van der Waals surface area contributed by atoms with Crippen molar-refractivity contribution in [1.82, 2.24) is 15.3 Å². The Bertz CT molecular complexity index is 1040. The smallest absolute Gasteiger partial charge is 0.249 e.